The molecule has 0 fully saturated rings. The Morgan fingerprint density at radius 3 is 1.75 bits per heavy atom. The molecule has 0 aromatic heterocycles. The highest BCUT2D eigenvalue weighted by molar-refractivity contribution is 6.77. The van der Waals surface area contributed by atoms with Crippen molar-refractivity contribution in [3.63, 3.8) is 0 Å². The molecule has 0 aromatic rings. The largest absolute Gasteiger partial charge is 0.547 e. The van der Waals surface area contributed by atoms with E-state index in [1.165, 1.54) is 23.9 Å². The van der Waals surface area contributed by atoms with Crippen LogP contribution in [0, 0.1) is 0 Å². The first kappa shape index (κ1) is 22.0. The second-order valence-corrected chi connectivity index (χ2v) is 18.6. The fraction of sp³-hybridized carbons (Fsp3) is 0.900. The lowest BCUT2D eigenvalue weighted by Gasteiger charge is -2.44. The quantitative estimate of drug-likeness (QED) is 0.377. The summed E-state index contributed by atoms with van der Waals surface area (Å²) >= 11 is 0. The normalized spacial score (nSPS) is 19.5. The molecule has 0 amide bonds. The molecule has 0 bridgehead atoms. The molecular weight excluding hydrogens is 328 g/mol. The van der Waals surface area contributed by atoms with Gasteiger partial charge in [-0.15, -0.1) is 0 Å². The van der Waals surface area contributed by atoms with E-state index < -0.39 is 16.6 Å². The van der Waals surface area contributed by atoms with Gasteiger partial charge in [0.25, 0.3) is 0 Å². The minimum Gasteiger partial charge on any atom is -0.547 e. The van der Waals surface area contributed by atoms with Gasteiger partial charge < -0.3 is 8.85 Å². The summed E-state index contributed by atoms with van der Waals surface area (Å²) in [6.45, 7) is 21.1. The Kier molecular flexibility index (Phi) is 8.28. The highest BCUT2D eigenvalue weighted by Crippen LogP contribution is 2.45. The third-order valence-corrected chi connectivity index (χ3v) is 17.1. The first-order chi connectivity index (χ1) is 11.2. The van der Waals surface area contributed by atoms with Crippen LogP contribution in [0.15, 0.2) is 11.8 Å². The molecule has 24 heavy (non-hydrogen) atoms. The third-order valence-electron chi connectivity index (χ3n) is 6.40. The average molecular weight is 371 g/mol. The van der Waals surface area contributed by atoms with Crippen molar-refractivity contribution < 1.29 is 8.85 Å². The summed E-state index contributed by atoms with van der Waals surface area (Å²) in [5.74, 6) is 1.23. The van der Waals surface area contributed by atoms with Gasteiger partial charge in [-0.1, -0.05) is 62.3 Å². The van der Waals surface area contributed by atoms with Crippen molar-refractivity contribution in [2.75, 3.05) is 0 Å². The van der Waals surface area contributed by atoms with Crippen LogP contribution in [0.4, 0.5) is 0 Å². The highest BCUT2D eigenvalue weighted by Gasteiger charge is 2.47. The van der Waals surface area contributed by atoms with Crippen molar-refractivity contribution in [3.05, 3.63) is 11.8 Å². The van der Waals surface area contributed by atoms with E-state index in [1.807, 2.05) is 0 Å². The fourth-order valence-electron chi connectivity index (χ4n) is 4.77. The smallest absolute Gasteiger partial charge is 0.250 e. The predicted octanol–water partition coefficient (Wildman–Crippen LogP) is 7.25. The van der Waals surface area contributed by atoms with Crippen LogP contribution in [-0.2, 0) is 8.85 Å². The van der Waals surface area contributed by atoms with Crippen molar-refractivity contribution in [2.45, 2.75) is 116 Å². The molecule has 0 aromatic carbocycles. The minimum absolute atomic E-state index is 0.344. The van der Waals surface area contributed by atoms with Gasteiger partial charge in [-0.2, -0.15) is 0 Å². The molecule has 0 radical (unpaired) electrons. The number of hydrogen-bond donors (Lipinski definition) is 0. The molecule has 0 aliphatic heterocycles. The van der Waals surface area contributed by atoms with Gasteiger partial charge in [0.1, 0.15) is 0 Å². The van der Waals surface area contributed by atoms with E-state index in [0.717, 1.165) is 12.8 Å². The van der Waals surface area contributed by atoms with Crippen molar-refractivity contribution in [1.29, 1.82) is 0 Å². The lowest BCUT2D eigenvalue weighted by atomic mass is 10.3. The molecule has 1 rings (SSSR count). The van der Waals surface area contributed by atoms with E-state index in [4.69, 9.17) is 8.85 Å². The Labute approximate surface area is 153 Å². The molecule has 0 saturated carbocycles. The average Bonchev–Trinajstić information content (AvgIpc) is 2.96. The molecule has 0 heterocycles. The lowest BCUT2D eigenvalue weighted by molar-refractivity contribution is 0.176. The number of rotatable bonds is 10. The molecule has 1 atom stereocenters. The minimum atomic E-state index is -1.78. The van der Waals surface area contributed by atoms with Crippen LogP contribution in [0.2, 0.25) is 34.8 Å². The summed E-state index contributed by atoms with van der Waals surface area (Å²) < 4.78 is 13.6. The van der Waals surface area contributed by atoms with Gasteiger partial charge in [0, 0.05) is 6.42 Å². The molecule has 1 aliphatic carbocycles. The molecule has 0 saturated heterocycles. The van der Waals surface area contributed by atoms with Gasteiger partial charge in [0.2, 0.25) is 16.6 Å². The zero-order valence-electron chi connectivity index (χ0n) is 17.7. The highest BCUT2D eigenvalue weighted by atomic mass is 28.4. The Morgan fingerprint density at radius 2 is 1.38 bits per heavy atom. The maximum absolute atomic E-state index is 6.95. The van der Waals surface area contributed by atoms with Crippen LogP contribution in [-0.4, -0.2) is 22.7 Å². The monoisotopic (exact) mass is 370 g/mol. The first-order valence-electron chi connectivity index (χ1n) is 10.2. The Bertz CT molecular complexity index is 382. The predicted molar refractivity (Wildman–Crippen MR) is 112 cm³/mol. The summed E-state index contributed by atoms with van der Waals surface area (Å²) in [7, 11) is -3.33. The van der Waals surface area contributed by atoms with Crippen molar-refractivity contribution >= 4 is 16.6 Å². The summed E-state index contributed by atoms with van der Waals surface area (Å²) in [5.41, 5.74) is 1.95. The van der Waals surface area contributed by atoms with Crippen molar-refractivity contribution in [3.8, 4) is 0 Å². The molecule has 0 unspecified atom stereocenters. The Morgan fingerprint density at radius 1 is 0.917 bits per heavy atom. The van der Waals surface area contributed by atoms with E-state index in [2.05, 4.69) is 68.4 Å². The zero-order chi connectivity index (χ0) is 18.5. The van der Waals surface area contributed by atoms with E-state index in [1.54, 1.807) is 0 Å². The van der Waals surface area contributed by atoms with Crippen LogP contribution >= 0.6 is 0 Å². The topological polar surface area (TPSA) is 18.5 Å². The molecule has 142 valence electrons. The van der Waals surface area contributed by atoms with Gasteiger partial charge in [0.05, 0.1) is 11.9 Å². The van der Waals surface area contributed by atoms with Crippen molar-refractivity contribution in [2.24, 2.45) is 0 Å². The van der Waals surface area contributed by atoms with Crippen LogP contribution in [0.1, 0.15) is 75.2 Å². The van der Waals surface area contributed by atoms with Gasteiger partial charge in [-0.3, -0.25) is 0 Å². The maximum Gasteiger partial charge on any atom is 0.250 e. The van der Waals surface area contributed by atoms with Gasteiger partial charge in [0.15, 0.2) is 0 Å². The SMILES string of the molecule is CC[Si](CC)(CC)OC1=CC[C@@H](O[Si](C(C)C)(C(C)C)C(C)C)C1. The van der Waals surface area contributed by atoms with Gasteiger partial charge in [-0.25, -0.2) is 0 Å². The lowest BCUT2D eigenvalue weighted by Crippen LogP contribution is -2.50. The summed E-state index contributed by atoms with van der Waals surface area (Å²) in [5, 5.41) is 0. The standard InChI is InChI=1S/C20H42O2Si2/c1-10-23(11-2,12-3)21-19-13-14-20(15-19)22-24(16(4)5,17(6)7)18(8)9/h13,16-18,20H,10-12,14-15H2,1-9H3/t20-/m1/s1. The zero-order valence-corrected chi connectivity index (χ0v) is 19.7. The second kappa shape index (κ2) is 9.04. The molecule has 4 heteroatoms. The van der Waals surface area contributed by atoms with Crippen LogP contribution in [0.3, 0.4) is 0 Å². The second-order valence-electron chi connectivity index (χ2n) is 8.51. The summed E-state index contributed by atoms with van der Waals surface area (Å²) in [6.07, 6.45) is 4.71. The van der Waals surface area contributed by atoms with E-state index in [9.17, 15) is 0 Å². The summed E-state index contributed by atoms with van der Waals surface area (Å²) in [6, 6.07) is 3.64. The number of hydrogen-bond acceptors (Lipinski definition) is 2. The first-order valence-corrected chi connectivity index (χ1v) is 14.9. The van der Waals surface area contributed by atoms with Gasteiger partial charge >= 0.3 is 0 Å². The summed E-state index contributed by atoms with van der Waals surface area (Å²) in [4.78, 5) is 0. The van der Waals surface area contributed by atoms with E-state index in [0.29, 0.717) is 22.7 Å². The van der Waals surface area contributed by atoms with Crippen LogP contribution < -0.4 is 0 Å². The molecule has 1 aliphatic rings. The fourth-order valence-corrected chi connectivity index (χ4v) is 13.0. The Balaban J connectivity index is 2.80. The molecule has 0 N–H and O–H groups in total. The van der Waals surface area contributed by atoms with Crippen LogP contribution in [0.5, 0.6) is 0 Å². The maximum atomic E-state index is 6.95. The molecular formula is C20H42O2Si2. The van der Waals surface area contributed by atoms with Crippen molar-refractivity contribution in [1.82, 2.24) is 0 Å². The van der Waals surface area contributed by atoms with Crippen LogP contribution in [0.25, 0.3) is 0 Å². The van der Waals surface area contributed by atoms with Gasteiger partial charge in [-0.05, 0) is 47.3 Å². The van der Waals surface area contributed by atoms with E-state index >= 15 is 0 Å². The third kappa shape index (κ3) is 4.56. The molecule has 2 nitrogen and oxygen atoms in total. The molecule has 0 spiro atoms. The Hall–Kier alpha value is -0.0662. The van der Waals surface area contributed by atoms with E-state index in [-0.39, 0.29) is 0 Å².